The summed E-state index contributed by atoms with van der Waals surface area (Å²) >= 11 is 0. The molecule has 2 aromatic carbocycles. The van der Waals surface area contributed by atoms with Crippen molar-refractivity contribution in [2.45, 2.75) is 51.6 Å². The molecular formula is C25H30N2O2. The van der Waals surface area contributed by atoms with E-state index in [1.54, 1.807) is 0 Å². The summed E-state index contributed by atoms with van der Waals surface area (Å²) in [6.07, 6.45) is 4.03. The van der Waals surface area contributed by atoms with Crippen molar-refractivity contribution in [1.82, 2.24) is 0 Å². The molecule has 0 saturated carbocycles. The van der Waals surface area contributed by atoms with Gasteiger partial charge in [-0.1, -0.05) is 60.7 Å². The maximum atomic E-state index is 5.98. The first-order chi connectivity index (χ1) is 14.1. The lowest BCUT2D eigenvalue weighted by atomic mass is 9.93. The second-order valence-corrected chi connectivity index (χ2v) is 8.47. The molecular weight excluding hydrogens is 360 g/mol. The van der Waals surface area contributed by atoms with Gasteiger partial charge < -0.3 is 9.47 Å². The molecule has 0 amide bonds. The van der Waals surface area contributed by atoms with Crippen molar-refractivity contribution in [1.29, 1.82) is 0 Å². The second-order valence-electron chi connectivity index (χ2n) is 8.47. The lowest BCUT2D eigenvalue weighted by Crippen LogP contribution is -2.34. The molecule has 0 bridgehead atoms. The van der Waals surface area contributed by atoms with Gasteiger partial charge in [-0.3, -0.25) is 0 Å². The topological polar surface area (TPSA) is 43.2 Å². The van der Waals surface area contributed by atoms with Crippen molar-refractivity contribution < 1.29 is 9.47 Å². The number of hydrogen-bond donors (Lipinski definition) is 0. The van der Waals surface area contributed by atoms with E-state index in [0.717, 1.165) is 37.5 Å². The molecule has 0 aromatic heterocycles. The lowest BCUT2D eigenvalue weighted by molar-refractivity contribution is 0.261. The maximum absolute atomic E-state index is 5.98. The monoisotopic (exact) mass is 390 g/mol. The van der Waals surface area contributed by atoms with Crippen LogP contribution in [0.2, 0.25) is 0 Å². The molecule has 0 unspecified atom stereocenters. The van der Waals surface area contributed by atoms with Crippen molar-refractivity contribution in [3.63, 3.8) is 0 Å². The first-order valence-corrected chi connectivity index (χ1v) is 10.6. The summed E-state index contributed by atoms with van der Waals surface area (Å²) in [7, 11) is 0. The van der Waals surface area contributed by atoms with E-state index in [2.05, 4.69) is 74.5 Å². The van der Waals surface area contributed by atoms with E-state index in [0.29, 0.717) is 13.2 Å². The maximum Gasteiger partial charge on any atom is 0.199 e. The summed E-state index contributed by atoms with van der Waals surface area (Å²) in [5.74, 6) is 1.52. The van der Waals surface area contributed by atoms with E-state index >= 15 is 0 Å². The third-order valence-corrected chi connectivity index (χ3v) is 5.71. The number of ether oxygens (including phenoxy) is 2. The zero-order valence-corrected chi connectivity index (χ0v) is 17.4. The van der Waals surface area contributed by atoms with Gasteiger partial charge >= 0.3 is 0 Å². The average molecular weight is 391 g/mol. The van der Waals surface area contributed by atoms with Crippen LogP contribution in [0, 0.1) is 5.41 Å². The van der Waals surface area contributed by atoms with Gasteiger partial charge in [-0.05, 0) is 50.7 Å². The molecule has 0 N–H and O–H groups in total. The van der Waals surface area contributed by atoms with Crippen molar-refractivity contribution in [3.8, 4) is 0 Å². The quantitative estimate of drug-likeness (QED) is 0.645. The fraction of sp³-hybridized carbons (Fsp3) is 0.440. The van der Waals surface area contributed by atoms with Crippen LogP contribution in [0.3, 0.4) is 0 Å². The minimum atomic E-state index is -0.414. The molecule has 4 heteroatoms. The Bertz CT molecular complexity index is 787. The Hall–Kier alpha value is -2.62. The van der Waals surface area contributed by atoms with Gasteiger partial charge in [0.1, 0.15) is 18.6 Å². The number of benzene rings is 2. The molecule has 4 rings (SSSR count). The molecule has 2 atom stereocenters. The Morgan fingerprint density at radius 2 is 1.14 bits per heavy atom. The average Bonchev–Trinajstić information content (AvgIpc) is 3.43. The van der Waals surface area contributed by atoms with Gasteiger partial charge in [0, 0.05) is 0 Å². The van der Waals surface area contributed by atoms with Crippen LogP contribution in [-0.2, 0) is 22.3 Å². The van der Waals surface area contributed by atoms with E-state index in [1.807, 2.05) is 0 Å². The highest BCUT2D eigenvalue weighted by atomic mass is 16.5. The Morgan fingerprint density at radius 1 is 0.724 bits per heavy atom. The Morgan fingerprint density at radius 3 is 1.55 bits per heavy atom. The van der Waals surface area contributed by atoms with Crippen LogP contribution in [-0.4, -0.2) is 37.1 Å². The molecule has 0 radical (unpaired) electrons. The van der Waals surface area contributed by atoms with Gasteiger partial charge in [0.25, 0.3) is 0 Å². The Kier molecular flexibility index (Phi) is 5.98. The van der Waals surface area contributed by atoms with Crippen molar-refractivity contribution in [2.75, 3.05) is 13.2 Å². The normalized spacial score (nSPS) is 21.3. The fourth-order valence-corrected chi connectivity index (χ4v) is 3.86. The highest BCUT2D eigenvalue weighted by Gasteiger charge is 2.41. The highest BCUT2D eigenvalue weighted by Crippen LogP contribution is 2.30. The molecule has 29 heavy (non-hydrogen) atoms. The predicted octanol–water partition coefficient (Wildman–Crippen LogP) is 4.87. The summed E-state index contributed by atoms with van der Waals surface area (Å²) < 4.78 is 12.0. The Labute approximate surface area is 173 Å². The molecule has 4 nitrogen and oxygen atoms in total. The molecule has 152 valence electrons. The van der Waals surface area contributed by atoms with Gasteiger partial charge in [-0.2, -0.15) is 0 Å². The fourth-order valence-electron chi connectivity index (χ4n) is 3.86. The van der Waals surface area contributed by atoms with E-state index in [-0.39, 0.29) is 12.1 Å². The van der Waals surface area contributed by atoms with Gasteiger partial charge in [0.2, 0.25) is 0 Å². The second kappa shape index (κ2) is 8.81. The zero-order chi connectivity index (χ0) is 20.1. The Balaban J connectivity index is 1.34. The molecule has 0 aliphatic carbocycles. The van der Waals surface area contributed by atoms with Crippen molar-refractivity contribution in [2.24, 2.45) is 15.4 Å². The minimum Gasteiger partial charge on any atom is -0.478 e. The molecule has 0 saturated heterocycles. The van der Waals surface area contributed by atoms with Crippen LogP contribution in [0.4, 0.5) is 0 Å². The number of aliphatic imine (C=N–C) groups is 2. The smallest absolute Gasteiger partial charge is 0.199 e. The van der Waals surface area contributed by atoms with Crippen LogP contribution in [0.25, 0.3) is 0 Å². The number of aryl methyl sites for hydroxylation is 2. The van der Waals surface area contributed by atoms with Crippen LogP contribution >= 0.6 is 0 Å². The molecule has 2 aromatic rings. The number of rotatable bonds is 8. The minimum absolute atomic E-state index is 0.209. The summed E-state index contributed by atoms with van der Waals surface area (Å²) in [4.78, 5) is 9.74. The predicted molar refractivity (Wildman–Crippen MR) is 118 cm³/mol. The van der Waals surface area contributed by atoms with E-state index in [1.165, 1.54) is 11.1 Å². The van der Waals surface area contributed by atoms with Gasteiger partial charge in [-0.15, -0.1) is 0 Å². The highest BCUT2D eigenvalue weighted by molar-refractivity contribution is 6.05. The van der Waals surface area contributed by atoms with Gasteiger partial charge in [-0.25, -0.2) is 9.98 Å². The third-order valence-electron chi connectivity index (χ3n) is 5.71. The van der Waals surface area contributed by atoms with Crippen LogP contribution in [0.15, 0.2) is 70.6 Å². The molecule has 0 spiro atoms. The molecule has 2 aliphatic heterocycles. The van der Waals surface area contributed by atoms with E-state index in [9.17, 15) is 0 Å². The lowest BCUT2D eigenvalue weighted by Gasteiger charge is -2.22. The van der Waals surface area contributed by atoms with Gasteiger partial charge in [0.15, 0.2) is 11.8 Å². The molecule has 2 heterocycles. The number of hydrogen-bond acceptors (Lipinski definition) is 4. The molecule has 0 fully saturated rings. The van der Waals surface area contributed by atoms with Crippen LogP contribution in [0.1, 0.15) is 37.8 Å². The number of nitrogens with zero attached hydrogens (tertiary/aromatic N) is 2. The van der Waals surface area contributed by atoms with Crippen molar-refractivity contribution >= 4 is 11.8 Å². The van der Waals surface area contributed by atoms with Crippen LogP contribution < -0.4 is 0 Å². The van der Waals surface area contributed by atoms with Gasteiger partial charge in [0.05, 0.1) is 12.1 Å². The summed E-state index contributed by atoms with van der Waals surface area (Å²) in [6.45, 7) is 5.50. The summed E-state index contributed by atoms with van der Waals surface area (Å²) in [6, 6.07) is 21.5. The van der Waals surface area contributed by atoms with Crippen molar-refractivity contribution in [3.05, 3.63) is 71.8 Å². The first kappa shape index (κ1) is 19.7. The third kappa shape index (κ3) is 4.87. The van der Waals surface area contributed by atoms with Crippen LogP contribution in [0.5, 0.6) is 0 Å². The summed E-state index contributed by atoms with van der Waals surface area (Å²) in [5, 5.41) is 0. The standard InChI is InChI=1S/C25H30N2O2/c1-25(2,23-26-21(17-28-23)15-13-19-9-5-3-6-10-19)24-27-22(18-29-24)16-14-20-11-7-4-8-12-20/h3-12,21-22H,13-18H2,1-2H3/t21-,22-/m0/s1. The zero-order valence-electron chi connectivity index (χ0n) is 17.4. The van der Waals surface area contributed by atoms with E-state index < -0.39 is 5.41 Å². The first-order valence-electron chi connectivity index (χ1n) is 10.6. The largest absolute Gasteiger partial charge is 0.478 e. The van der Waals surface area contributed by atoms with E-state index in [4.69, 9.17) is 19.5 Å². The summed E-state index contributed by atoms with van der Waals surface area (Å²) in [5.41, 5.74) is 2.28. The SMILES string of the molecule is CC(C)(C1=N[C@@H](CCc2ccccc2)CO1)C1=N[C@@H](CCc2ccccc2)CO1. The molecule has 2 aliphatic rings.